The minimum absolute atomic E-state index is 0.333. The molecule has 6 heteroatoms. The number of primary amides is 1. The van der Waals surface area contributed by atoms with E-state index in [1.54, 1.807) is 6.20 Å². The fourth-order valence-electron chi connectivity index (χ4n) is 1.02. The molecule has 0 saturated carbocycles. The van der Waals surface area contributed by atoms with Gasteiger partial charge in [-0.25, -0.2) is 9.97 Å². The molecule has 3 N–H and O–H groups in total. The van der Waals surface area contributed by atoms with Crippen molar-refractivity contribution >= 4 is 16.9 Å². The molecule has 0 aliphatic carbocycles. The minimum atomic E-state index is -0.333. The van der Waals surface area contributed by atoms with Gasteiger partial charge in [-0.2, -0.15) is 5.10 Å². The molecule has 6 nitrogen and oxygen atoms in total. The van der Waals surface area contributed by atoms with Crippen molar-refractivity contribution in [3.05, 3.63) is 17.7 Å². The summed E-state index contributed by atoms with van der Waals surface area (Å²) in [4.78, 5) is 17.5. The van der Waals surface area contributed by atoms with E-state index < -0.39 is 0 Å². The summed E-state index contributed by atoms with van der Waals surface area (Å²) >= 11 is 0. The van der Waals surface area contributed by atoms with E-state index in [1.807, 2.05) is 13.8 Å². The van der Waals surface area contributed by atoms with E-state index in [0.717, 1.165) is 22.6 Å². The first-order chi connectivity index (χ1) is 7.00. The van der Waals surface area contributed by atoms with Gasteiger partial charge in [0.15, 0.2) is 0 Å². The van der Waals surface area contributed by atoms with Crippen LogP contribution in [0.2, 0.25) is 0 Å². The van der Waals surface area contributed by atoms with Gasteiger partial charge in [0, 0.05) is 6.92 Å². The highest BCUT2D eigenvalue weighted by Gasteiger charge is 2.01. The van der Waals surface area contributed by atoms with Gasteiger partial charge in [-0.15, -0.1) is 0 Å². The van der Waals surface area contributed by atoms with Crippen LogP contribution in [-0.4, -0.2) is 26.1 Å². The fourth-order valence-corrected chi connectivity index (χ4v) is 1.02. The smallest absolute Gasteiger partial charge is 0.214 e. The first-order valence-electron chi connectivity index (χ1n) is 4.41. The second-order valence-electron chi connectivity index (χ2n) is 3.11. The third-order valence-electron chi connectivity index (χ3n) is 1.59. The van der Waals surface area contributed by atoms with Crippen molar-refractivity contribution in [1.82, 2.24) is 20.2 Å². The van der Waals surface area contributed by atoms with Gasteiger partial charge in [0.25, 0.3) is 0 Å². The third-order valence-corrected chi connectivity index (χ3v) is 1.59. The van der Waals surface area contributed by atoms with Crippen LogP contribution in [0.25, 0.3) is 11.0 Å². The number of nitrogens with one attached hydrogen (secondary N) is 1. The number of amides is 1. The number of nitrogens with zero attached hydrogens (tertiary/aromatic N) is 3. The van der Waals surface area contributed by atoms with Crippen LogP contribution in [0.5, 0.6) is 0 Å². The van der Waals surface area contributed by atoms with E-state index >= 15 is 0 Å². The Kier molecular flexibility index (Phi) is 3.33. The van der Waals surface area contributed by atoms with Crippen molar-refractivity contribution in [2.75, 3.05) is 0 Å². The Morgan fingerprint density at radius 1 is 1.47 bits per heavy atom. The molecular weight excluding hydrogens is 194 g/mol. The zero-order valence-electron chi connectivity index (χ0n) is 8.90. The highest BCUT2D eigenvalue weighted by atomic mass is 16.1. The number of rotatable bonds is 0. The topological polar surface area (TPSA) is 97.5 Å². The Balaban J connectivity index is 0.000000245. The first kappa shape index (κ1) is 11.1. The molecule has 0 unspecified atom stereocenters. The SMILES string of the molecule is CC(N)=O.Cc1ncc2n[nH]c(C)c2n1. The number of aromatic amines is 1. The van der Waals surface area contributed by atoms with E-state index in [2.05, 4.69) is 25.9 Å². The molecule has 0 fully saturated rings. The summed E-state index contributed by atoms with van der Waals surface area (Å²) in [5, 5.41) is 6.86. The van der Waals surface area contributed by atoms with Gasteiger partial charge < -0.3 is 5.73 Å². The van der Waals surface area contributed by atoms with Crippen LogP contribution in [0.3, 0.4) is 0 Å². The average molecular weight is 207 g/mol. The number of nitrogens with two attached hydrogens (primary N) is 1. The average Bonchev–Trinajstić information content (AvgIpc) is 2.47. The fraction of sp³-hybridized carbons (Fsp3) is 0.333. The van der Waals surface area contributed by atoms with Gasteiger partial charge in [-0.3, -0.25) is 9.89 Å². The van der Waals surface area contributed by atoms with Crippen LogP contribution in [0.4, 0.5) is 0 Å². The molecule has 2 aromatic heterocycles. The summed E-state index contributed by atoms with van der Waals surface area (Å²) in [6.07, 6.45) is 1.72. The molecule has 0 atom stereocenters. The predicted molar refractivity (Wildman–Crippen MR) is 56.0 cm³/mol. The molecule has 0 radical (unpaired) electrons. The lowest BCUT2D eigenvalue weighted by molar-refractivity contribution is -0.115. The van der Waals surface area contributed by atoms with E-state index in [0.29, 0.717) is 0 Å². The van der Waals surface area contributed by atoms with E-state index in [9.17, 15) is 4.79 Å². The number of fused-ring (bicyclic) bond motifs is 1. The summed E-state index contributed by atoms with van der Waals surface area (Å²) < 4.78 is 0. The Hall–Kier alpha value is -1.98. The highest BCUT2D eigenvalue weighted by Crippen LogP contribution is 2.09. The maximum atomic E-state index is 9.22. The van der Waals surface area contributed by atoms with Crippen molar-refractivity contribution < 1.29 is 4.79 Å². The first-order valence-corrected chi connectivity index (χ1v) is 4.41. The van der Waals surface area contributed by atoms with Crippen LogP contribution in [0.15, 0.2) is 6.20 Å². The summed E-state index contributed by atoms with van der Waals surface area (Å²) in [7, 11) is 0. The van der Waals surface area contributed by atoms with Gasteiger partial charge in [-0.05, 0) is 13.8 Å². The van der Waals surface area contributed by atoms with Crippen molar-refractivity contribution in [3.8, 4) is 0 Å². The van der Waals surface area contributed by atoms with E-state index in [-0.39, 0.29) is 5.91 Å². The van der Waals surface area contributed by atoms with Gasteiger partial charge >= 0.3 is 0 Å². The Morgan fingerprint density at radius 2 is 2.07 bits per heavy atom. The van der Waals surface area contributed by atoms with E-state index in [4.69, 9.17) is 0 Å². The maximum Gasteiger partial charge on any atom is 0.214 e. The molecule has 2 rings (SSSR count). The molecule has 15 heavy (non-hydrogen) atoms. The summed E-state index contributed by atoms with van der Waals surface area (Å²) in [5.41, 5.74) is 7.20. The Labute approximate surface area is 86.9 Å². The number of carbonyl (C=O) groups excluding carboxylic acids is 1. The normalized spacial score (nSPS) is 9.53. The van der Waals surface area contributed by atoms with Crippen molar-refractivity contribution in [3.63, 3.8) is 0 Å². The molecule has 0 aromatic carbocycles. The summed E-state index contributed by atoms with van der Waals surface area (Å²) in [6, 6.07) is 0. The minimum Gasteiger partial charge on any atom is -0.370 e. The zero-order chi connectivity index (χ0) is 11.4. The van der Waals surface area contributed by atoms with Crippen LogP contribution in [0.1, 0.15) is 18.4 Å². The number of H-pyrrole nitrogens is 1. The number of hydrogen-bond acceptors (Lipinski definition) is 4. The molecule has 2 aromatic rings. The van der Waals surface area contributed by atoms with Gasteiger partial charge in [-0.1, -0.05) is 0 Å². The molecular formula is C9H13N5O. The summed E-state index contributed by atoms with van der Waals surface area (Å²) in [5.74, 6) is 0.446. The number of hydrogen-bond donors (Lipinski definition) is 2. The van der Waals surface area contributed by atoms with Crippen LogP contribution in [0, 0.1) is 13.8 Å². The van der Waals surface area contributed by atoms with Crippen LogP contribution < -0.4 is 5.73 Å². The highest BCUT2D eigenvalue weighted by molar-refractivity contribution is 5.75. The second kappa shape index (κ2) is 4.50. The molecule has 0 aliphatic heterocycles. The van der Waals surface area contributed by atoms with Gasteiger partial charge in [0.2, 0.25) is 5.91 Å². The lowest BCUT2D eigenvalue weighted by Gasteiger charge is -1.89. The Bertz CT molecular complexity index is 472. The predicted octanol–water partition coefficient (Wildman–Crippen LogP) is 0.461. The molecule has 1 amide bonds. The monoisotopic (exact) mass is 207 g/mol. The largest absolute Gasteiger partial charge is 0.370 e. The second-order valence-corrected chi connectivity index (χ2v) is 3.11. The zero-order valence-corrected chi connectivity index (χ0v) is 8.90. The third kappa shape index (κ3) is 3.01. The number of aryl methyl sites for hydroxylation is 2. The molecule has 0 saturated heterocycles. The van der Waals surface area contributed by atoms with E-state index in [1.165, 1.54) is 6.92 Å². The number of aromatic nitrogens is 4. The molecule has 0 bridgehead atoms. The quantitative estimate of drug-likeness (QED) is 0.655. The molecule has 0 spiro atoms. The molecule has 2 heterocycles. The van der Waals surface area contributed by atoms with Crippen molar-refractivity contribution in [2.24, 2.45) is 5.73 Å². The molecule has 80 valence electrons. The van der Waals surface area contributed by atoms with Crippen LogP contribution in [-0.2, 0) is 4.79 Å². The lowest BCUT2D eigenvalue weighted by Crippen LogP contribution is -2.01. The lowest BCUT2D eigenvalue weighted by atomic mass is 10.4. The van der Waals surface area contributed by atoms with Crippen molar-refractivity contribution in [1.29, 1.82) is 0 Å². The standard InChI is InChI=1S/C7H8N4.C2H5NO/c1-4-7-6(11-10-4)3-8-5(2)9-7;1-2(3)4/h3H,1-2H3,(H,10,11);1H3,(H2,3,4). The van der Waals surface area contributed by atoms with Crippen LogP contribution >= 0.6 is 0 Å². The van der Waals surface area contributed by atoms with Crippen molar-refractivity contribution in [2.45, 2.75) is 20.8 Å². The number of carbonyl (C=O) groups is 1. The Morgan fingerprint density at radius 3 is 2.67 bits per heavy atom. The van der Waals surface area contributed by atoms with Gasteiger partial charge in [0.05, 0.1) is 11.9 Å². The maximum absolute atomic E-state index is 9.22. The van der Waals surface area contributed by atoms with Gasteiger partial charge in [0.1, 0.15) is 16.9 Å². The summed E-state index contributed by atoms with van der Waals surface area (Å²) in [6.45, 7) is 5.12. The molecule has 0 aliphatic rings.